The molecule has 0 radical (unpaired) electrons. The highest BCUT2D eigenvalue weighted by atomic mass is 35.5. The summed E-state index contributed by atoms with van der Waals surface area (Å²) in [5, 5.41) is 4.00. The normalized spacial score (nSPS) is 18.1. The van der Waals surface area contributed by atoms with Crippen molar-refractivity contribution in [2.24, 2.45) is 0 Å². The Bertz CT molecular complexity index is 665. The number of anilines is 2. The second-order valence-electron chi connectivity index (χ2n) is 4.66. The Morgan fingerprint density at radius 2 is 2.10 bits per heavy atom. The van der Waals surface area contributed by atoms with Crippen LogP contribution >= 0.6 is 23.2 Å². The maximum Gasteiger partial charge on any atom is 0.249 e. The monoisotopic (exact) mass is 322 g/mol. The van der Waals surface area contributed by atoms with Crippen LogP contribution < -0.4 is 10.2 Å². The van der Waals surface area contributed by atoms with Gasteiger partial charge in [0.1, 0.15) is 11.9 Å². The third kappa shape index (κ3) is 2.94. The smallest absolute Gasteiger partial charge is 0.249 e. The molecule has 1 aromatic carbocycles. The molecule has 0 aliphatic carbocycles. The van der Waals surface area contributed by atoms with E-state index in [2.05, 4.69) is 15.3 Å². The Kier molecular flexibility index (Phi) is 3.94. The van der Waals surface area contributed by atoms with Gasteiger partial charge in [-0.15, -0.1) is 0 Å². The Morgan fingerprint density at radius 3 is 2.81 bits per heavy atom. The van der Waals surface area contributed by atoms with Crippen LogP contribution in [-0.2, 0) is 4.79 Å². The van der Waals surface area contributed by atoms with Crippen molar-refractivity contribution in [3.8, 4) is 0 Å². The molecule has 0 spiro atoms. The highest BCUT2D eigenvalue weighted by Gasteiger charge is 2.32. The fourth-order valence-corrected chi connectivity index (χ4v) is 2.57. The van der Waals surface area contributed by atoms with E-state index in [-0.39, 0.29) is 11.9 Å². The van der Waals surface area contributed by atoms with Crippen LogP contribution in [0.25, 0.3) is 0 Å². The van der Waals surface area contributed by atoms with Crippen LogP contribution in [-0.4, -0.2) is 28.5 Å². The Morgan fingerprint density at radius 1 is 1.24 bits per heavy atom. The summed E-state index contributed by atoms with van der Waals surface area (Å²) < 4.78 is 0. The lowest BCUT2D eigenvalue weighted by molar-refractivity contribution is -0.117. The van der Waals surface area contributed by atoms with Gasteiger partial charge in [-0.2, -0.15) is 0 Å². The molecule has 1 amide bonds. The zero-order valence-corrected chi connectivity index (χ0v) is 12.5. The summed E-state index contributed by atoms with van der Waals surface area (Å²) in [4.78, 5) is 22.2. The minimum absolute atomic E-state index is 0.0148. The van der Waals surface area contributed by atoms with Crippen molar-refractivity contribution < 1.29 is 4.79 Å². The molecular formula is C14H12Cl2N4O. The van der Waals surface area contributed by atoms with Crippen molar-refractivity contribution in [1.29, 1.82) is 0 Å². The summed E-state index contributed by atoms with van der Waals surface area (Å²) in [7, 11) is 0. The largest absolute Gasteiger partial charge is 0.357 e. The predicted octanol–water partition coefficient (Wildman–Crippen LogP) is 3.00. The molecule has 2 heterocycles. The molecule has 1 fully saturated rings. The van der Waals surface area contributed by atoms with Gasteiger partial charge in [0.2, 0.25) is 5.91 Å². The molecule has 1 atom stereocenters. The first-order chi connectivity index (χ1) is 10.1. The lowest BCUT2D eigenvalue weighted by Gasteiger charge is -2.18. The highest BCUT2D eigenvalue weighted by molar-refractivity contribution is 6.42. The van der Waals surface area contributed by atoms with Gasteiger partial charge in [-0.05, 0) is 24.6 Å². The number of amides is 1. The maximum absolute atomic E-state index is 12.4. The van der Waals surface area contributed by atoms with E-state index in [9.17, 15) is 4.79 Å². The standard InChI is InChI=1S/C14H12Cl2N4O/c15-10-2-1-9(7-11(10)16)20-6-3-12(14(20)21)19-13-8-17-4-5-18-13/h1-2,4-5,7-8,12H,3,6H2,(H,18,19). The van der Waals surface area contributed by atoms with Gasteiger partial charge in [0.25, 0.3) is 0 Å². The van der Waals surface area contributed by atoms with Crippen molar-refractivity contribution >= 4 is 40.6 Å². The van der Waals surface area contributed by atoms with E-state index in [0.29, 0.717) is 28.8 Å². The average Bonchev–Trinajstić information content (AvgIpc) is 2.84. The van der Waals surface area contributed by atoms with E-state index in [0.717, 1.165) is 5.69 Å². The number of halogens is 2. The minimum Gasteiger partial charge on any atom is -0.357 e. The van der Waals surface area contributed by atoms with Crippen LogP contribution in [0.3, 0.4) is 0 Å². The highest BCUT2D eigenvalue weighted by Crippen LogP contribution is 2.30. The molecule has 1 saturated heterocycles. The van der Waals surface area contributed by atoms with Crippen molar-refractivity contribution in [2.75, 3.05) is 16.8 Å². The zero-order valence-electron chi connectivity index (χ0n) is 11.0. The summed E-state index contributed by atoms with van der Waals surface area (Å²) in [6.07, 6.45) is 5.45. The van der Waals surface area contributed by atoms with Gasteiger partial charge >= 0.3 is 0 Å². The van der Waals surface area contributed by atoms with E-state index in [4.69, 9.17) is 23.2 Å². The minimum atomic E-state index is -0.309. The van der Waals surface area contributed by atoms with E-state index < -0.39 is 0 Å². The third-order valence-electron chi connectivity index (χ3n) is 3.31. The molecule has 1 aliphatic heterocycles. The molecule has 1 aromatic heterocycles. The molecule has 21 heavy (non-hydrogen) atoms. The number of carbonyl (C=O) groups excluding carboxylic acids is 1. The summed E-state index contributed by atoms with van der Waals surface area (Å²) in [6, 6.07) is 4.87. The first kappa shape index (κ1) is 14.1. The quantitative estimate of drug-likeness (QED) is 0.943. The molecule has 0 saturated carbocycles. The van der Waals surface area contributed by atoms with Crippen molar-refractivity contribution in [3.05, 3.63) is 46.8 Å². The van der Waals surface area contributed by atoms with Gasteiger partial charge in [0, 0.05) is 24.6 Å². The van der Waals surface area contributed by atoms with Gasteiger partial charge in [0.05, 0.1) is 16.2 Å². The van der Waals surface area contributed by atoms with E-state index in [1.165, 1.54) is 0 Å². The van der Waals surface area contributed by atoms with E-state index in [1.54, 1.807) is 41.7 Å². The number of nitrogens with one attached hydrogen (secondary N) is 1. The molecule has 0 bridgehead atoms. The summed E-state index contributed by atoms with van der Waals surface area (Å²) in [6.45, 7) is 0.620. The fraction of sp³-hybridized carbons (Fsp3) is 0.214. The summed E-state index contributed by atoms with van der Waals surface area (Å²) in [5.41, 5.74) is 0.748. The first-order valence-electron chi connectivity index (χ1n) is 6.44. The number of benzene rings is 1. The van der Waals surface area contributed by atoms with Crippen molar-refractivity contribution in [3.63, 3.8) is 0 Å². The molecule has 5 nitrogen and oxygen atoms in total. The maximum atomic E-state index is 12.4. The lowest BCUT2D eigenvalue weighted by Crippen LogP contribution is -2.33. The Labute approximate surface area is 131 Å². The fourth-order valence-electron chi connectivity index (χ4n) is 2.28. The Hall–Kier alpha value is -1.85. The zero-order chi connectivity index (χ0) is 14.8. The van der Waals surface area contributed by atoms with Gasteiger partial charge in [0.15, 0.2) is 0 Å². The number of nitrogens with zero attached hydrogens (tertiary/aromatic N) is 3. The number of carbonyl (C=O) groups is 1. The molecule has 108 valence electrons. The number of hydrogen-bond donors (Lipinski definition) is 1. The van der Waals surface area contributed by atoms with Gasteiger partial charge < -0.3 is 10.2 Å². The van der Waals surface area contributed by atoms with Crippen LogP contribution in [0, 0.1) is 0 Å². The Balaban J connectivity index is 1.75. The van der Waals surface area contributed by atoms with Gasteiger partial charge in [-0.25, -0.2) is 4.98 Å². The van der Waals surface area contributed by atoms with Crippen LogP contribution in [0.2, 0.25) is 10.0 Å². The second-order valence-corrected chi connectivity index (χ2v) is 5.48. The summed E-state index contributed by atoms with van der Waals surface area (Å²) >= 11 is 11.9. The third-order valence-corrected chi connectivity index (χ3v) is 4.04. The second kappa shape index (κ2) is 5.87. The molecule has 2 aromatic rings. The number of aromatic nitrogens is 2. The molecule has 7 heteroatoms. The molecular weight excluding hydrogens is 311 g/mol. The predicted molar refractivity (Wildman–Crippen MR) is 82.9 cm³/mol. The van der Waals surface area contributed by atoms with Gasteiger partial charge in [-0.1, -0.05) is 23.2 Å². The van der Waals surface area contributed by atoms with E-state index in [1.807, 2.05) is 0 Å². The van der Waals surface area contributed by atoms with Crippen molar-refractivity contribution in [2.45, 2.75) is 12.5 Å². The molecule has 3 rings (SSSR count). The molecule has 1 unspecified atom stereocenters. The number of rotatable bonds is 3. The van der Waals surface area contributed by atoms with Gasteiger partial charge in [-0.3, -0.25) is 9.78 Å². The van der Waals surface area contributed by atoms with Crippen molar-refractivity contribution in [1.82, 2.24) is 9.97 Å². The number of hydrogen-bond acceptors (Lipinski definition) is 4. The SMILES string of the molecule is O=C1C(Nc2cnccn2)CCN1c1ccc(Cl)c(Cl)c1. The van der Waals surface area contributed by atoms with Crippen LogP contribution in [0.1, 0.15) is 6.42 Å². The van der Waals surface area contributed by atoms with Crippen LogP contribution in [0.4, 0.5) is 11.5 Å². The van der Waals surface area contributed by atoms with E-state index >= 15 is 0 Å². The molecule has 1 N–H and O–H groups in total. The van der Waals surface area contributed by atoms with Crippen LogP contribution in [0.15, 0.2) is 36.8 Å². The summed E-state index contributed by atoms with van der Waals surface area (Å²) in [5.74, 6) is 0.575. The molecule has 1 aliphatic rings. The first-order valence-corrected chi connectivity index (χ1v) is 7.20. The van der Waals surface area contributed by atoms with Crippen LogP contribution in [0.5, 0.6) is 0 Å². The lowest BCUT2D eigenvalue weighted by atomic mass is 10.2. The average molecular weight is 323 g/mol. The topological polar surface area (TPSA) is 58.1 Å².